The predicted octanol–water partition coefficient (Wildman–Crippen LogP) is 4.08. The summed E-state index contributed by atoms with van der Waals surface area (Å²) < 4.78 is 13.2. The van der Waals surface area contributed by atoms with E-state index >= 15 is 0 Å². The van der Waals surface area contributed by atoms with Crippen LogP contribution in [0.4, 0.5) is 10.1 Å². The molecule has 1 N–H and O–H groups in total. The van der Waals surface area contributed by atoms with Gasteiger partial charge in [-0.1, -0.05) is 29.8 Å². The van der Waals surface area contributed by atoms with E-state index in [4.69, 9.17) is 0 Å². The van der Waals surface area contributed by atoms with Crippen LogP contribution < -0.4 is 4.90 Å². The third-order valence-corrected chi connectivity index (χ3v) is 3.69. The van der Waals surface area contributed by atoms with E-state index in [1.54, 1.807) is 12.1 Å². The summed E-state index contributed by atoms with van der Waals surface area (Å²) in [6, 6.07) is 14.5. The van der Waals surface area contributed by atoms with E-state index < -0.39 is 6.10 Å². The number of hydrogen-bond acceptors (Lipinski definition) is 2. The van der Waals surface area contributed by atoms with E-state index in [0.29, 0.717) is 12.0 Å². The Hall–Kier alpha value is -1.87. The first-order valence-electron chi connectivity index (χ1n) is 7.35. The molecule has 0 aliphatic heterocycles. The maximum absolute atomic E-state index is 13.2. The van der Waals surface area contributed by atoms with Crippen molar-refractivity contribution in [2.75, 3.05) is 18.0 Å². The third kappa shape index (κ3) is 4.30. The molecule has 2 aromatic rings. The molecule has 0 heterocycles. The van der Waals surface area contributed by atoms with Crippen LogP contribution in [-0.4, -0.2) is 18.2 Å². The van der Waals surface area contributed by atoms with Gasteiger partial charge < -0.3 is 10.0 Å². The Kier molecular flexibility index (Phi) is 5.34. The molecular weight excluding hydrogens is 265 g/mol. The average molecular weight is 287 g/mol. The number of rotatable bonds is 6. The Morgan fingerprint density at radius 1 is 1.14 bits per heavy atom. The molecule has 0 saturated heterocycles. The molecule has 2 nitrogen and oxygen atoms in total. The summed E-state index contributed by atoms with van der Waals surface area (Å²) in [7, 11) is 0. The van der Waals surface area contributed by atoms with Crippen molar-refractivity contribution in [1.82, 2.24) is 0 Å². The smallest absolute Gasteiger partial charge is 0.123 e. The Balaban J connectivity index is 1.98. The van der Waals surface area contributed by atoms with Gasteiger partial charge >= 0.3 is 0 Å². The van der Waals surface area contributed by atoms with E-state index in [1.165, 1.54) is 17.7 Å². The molecule has 112 valence electrons. The quantitative estimate of drug-likeness (QED) is 0.865. The van der Waals surface area contributed by atoms with Gasteiger partial charge in [-0.15, -0.1) is 0 Å². The van der Waals surface area contributed by atoms with Crippen molar-refractivity contribution in [3.8, 4) is 0 Å². The van der Waals surface area contributed by atoms with Gasteiger partial charge in [0.2, 0.25) is 0 Å². The molecule has 0 aliphatic rings. The zero-order valence-corrected chi connectivity index (χ0v) is 12.6. The first-order chi connectivity index (χ1) is 10.1. The second kappa shape index (κ2) is 7.23. The Morgan fingerprint density at radius 3 is 2.48 bits per heavy atom. The first kappa shape index (κ1) is 15.5. The second-order valence-corrected chi connectivity index (χ2v) is 5.27. The number of anilines is 1. The van der Waals surface area contributed by atoms with Crippen molar-refractivity contribution in [2.24, 2.45) is 0 Å². The monoisotopic (exact) mass is 287 g/mol. The summed E-state index contributed by atoms with van der Waals surface area (Å²) in [6.45, 7) is 5.76. The minimum Gasteiger partial charge on any atom is -0.388 e. The maximum atomic E-state index is 13.2. The molecular formula is C18H22FNO. The molecule has 2 aromatic carbocycles. The van der Waals surface area contributed by atoms with E-state index in [-0.39, 0.29) is 5.82 Å². The number of hydrogen-bond donors (Lipinski definition) is 1. The second-order valence-electron chi connectivity index (χ2n) is 5.27. The van der Waals surface area contributed by atoms with Gasteiger partial charge in [-0.25, -0.2) is 4.39 Å². The number of aryl methyl sites for hydroxylation is 1. The summed E-state index contributed by atoms with van der Waals surface area (Å²) in [5, 5.41) is 10.2. The molecule has 21 heavy (non-hydrogen) atoms. The summed E-state index contributed by atoms with van der Waals surface area (Å²) >= 11 is 0. The van der Waals surface area contributed by atoms with Gasteiger partial charge in [0.15, 0.2) is 0 Å². The lowest BCUT2D eigenvalue weighted by molar-refractivity contribution is 0.169. The Morgan fingerprint density at radius 2 is 1.86 bits per heavy atom. The lowest BCUT2D eigenvalue weighted by Gasteiger charge is -2.24. The van der Waals surface area contributed by atoms with Crippen LogP contribution in [0.1, 0.15) is 30.6 Å². The summed E-state index contributed by atoms with van der Waals surface area (Å²) in [5.74, 6) is -0.308. The van der Waals surface area contributed by atoms with Crippen molar-refractivity contribution >= 4 is 5.69 Å². The highest BCUT2D eigenvalue weighted by Crippen LogP contribution is 2.20. The molecule has 0 fully saturated rings. The van der Waals surface area contributed by atoms with Crippen LogP contribution in [0.2, 0.25) is 0 Å². The van der Waals surface area contributed by atoms with Crippen molar-refractivity contribution in [1.29, 1.82) is 0 Å². The van der Waals surface area contributed by atoms with Crippen LogP contribution in [0.15, 0.2) is 48.5 Å². The molecule has 2 rings (SSSR count). The summed E-state index contributed by atoms with van der Waals surface area (Å²) in [6.07, 6.45) is -0.0641. The van der Waals surface area contributed by atoms with Crippen molar-refractivity contribution in [3.63, 3.8) is 0 Å². The molecule has 0 saturated carbocycles. The molecule has 3 heteroatoms. The first-order valence-corrected chi connectivity index (χ1v) is 7.35. The largest absolute Gasteiger partial charge is 0.388 e. The van der Waals surface area contributed by atoms with Crippen LogP contribution in [0.3, 0.4) is 0 Å². The molecule has 0 aliphatic carbocycles. The fourth-order valence-corrected chi connectivity index (χ4v) is 2.38. The molecule has 0 spiro atoms. The standard InChI is InChI=1S/C18H22FNO/c1-3-20(17-9-7-14(2)8-10-17)12-11-18(21)15-5-4-6-16(19)13-15/h4-10,13,18,21H,3,11-12H2,1-2H3. The number of aliphatic hydroxyl groups is 1. The average Bonchev–Trinajstić information content (AvgIpc) is 2.49. The van der Waals surface area contributed by atoms with Crippen molar-refractivity contribution < 1.29 is 9.50 Å². The van der Waals surface area contributed by atoms with Gasteiger partial charge in [-0.3, -0.25) is 0 Å². The maximum Gasteiger partial charge on any atom is 0.123 e. The predicted molar refractivity (Wildman–Crippen MR) is 85.0 cm³/mol. The molecule has 0 bridgehead atoms. The summed E-state index contributed by atoms with van der Waals surface area (Å²) in [5.41, 5.74) is 3.01. The highest BCUT2D eigenvalue weighted by molar-refractivity contribution is 5.47. The third-order valence-electron chi connectivity index (χ3n) is 3.69. The van der Waals surface area contributed by atoms with Crippen LogP contribution in [0, 0.1) is 12.7 Å². The lowest BCUT2D eigenvalue weighted by Crippen LogP contribution is -2.25. The highest BCUT2D eigenvalue weighted by Gasteiger charge is 2.11. The van der Waals surface area contributed by atoms with Gasteiger partial charge in [-0.2, -0.15) is 0 Å². The van der Waals surface area contributed by atoms with Gasteiger partial charge in [0.05, 0.1) is 6.10 Å². The molecule has 1 unspecified atom stereocenters. The Labute approximate surface area is 125 Å². The van der Waals surface area contributed by atoms with Gasteiger partial charge in [-0.05, 0) is 50.1 Å². The van der Waals surface area contributed by atoms with Crippen LogP contribution in [0.25, 0.3) is 0 Å². The lowest BCUT2D eigenvalue weighted by atomic mass is 10.1. The fraction of sp³-hybridized carbons (Fsp3) is 0.333. The van der Waals surface area contributed by atoms with Gasteiger partial charge in [0, 0.05) is 18.8 Å². The number of halogens is 1. The van der Waals surface area contributed by atoms with Crippen LogP contribution in [-0.2, 0) is 0 Å². The number of nitrogens with zero attached hydrogens (tertiary/aromatic N) is 1. The van der Waals surface area contributed by atoms with Crippen molar-refractivity contribution in [3.05, 3.63) is 65.5 Å². The van der Waals surface area contributed by atoms with E-state index in [1.807, 2.05) is 0 Å². The molecule has 1 atom stereocenters. The fourth-order valence-electron chi connectivity index (χ4n) is 2.38. The molecule has 0 radical (unpaired) electrons. The normalized spacial score (nSPS) is 12.2. The minimum absolute atomic E-state index is 0.308. The number of aliphatic hydroxyl groups excluding tert-OH is 1. The number of benzene rings is 2. The van der Waals surface area contributed by atoms with Crippen LogP contribution in [0.5, 0.6) is 0 Å². The Bertz CT molecular complexity index is 568. The molecule has 0 aromatic heterocycles. The SMILES string of the molecule is CCN(CCC(O)c1cccc(F)c1)c1ccc(C)cc1. The van der Waals surface area contributed by atoms with E-state index in [2.05, 4.69) is 43.0 Å². The topological polar surface area (TPSA) is 23.5 Å². The van der Waals surface area contributed by atoms with Crippen molar-refractivity contribution in [2.45, 2.75) is 26.4 Å². The highest BCUT2D eigenvalue weighted by atomic mass is 19.1. The van der Waals surface area contributed by atoms with Gasteiger partial charge in [0.1, 0.15) is 5.82 Å². The molecule has 0 amide bonds. The van der Waals surface area contributed by atoms with Crippen LogP contribution >= 0.6 is 0 Å². The zero-order valence-electron chi connectivity index (χ0n) is 12.6. The van der Waals surface area contributed by atoms with E-state index in [9.17, 15) is 9.50 Å². The summed E-state index contributed by atoms with van der Waals surface area (Å²) in [4.78, 5) is 2.21. The minimum atomic E-state index is -0.639. The zero-order chi connectivity index (χ0) is 15.2. The van der Waals surface area contributed by atoms with E-state index in [0.717, 1.165) is 18.8 Å². The van der Waals surface area contributed by atoms with Gasteiger partial charge in [0.25, 0.3) is 0 Å².